The van der Waals surface area contributed by atoms with Crippen LogP contribution in [0.2, 0.25) is 0 Å². The normalized spacial score (nSPS) is 25.0. The van der Waals surface area contributed by atoms with Gasteiger partial charge < -0.3 is 19.3 Å². The Labute approximate surface area is 204 Å². The summed E-state index contributed by atoms with van der Waals surface area (Å²) in [6.07, 6.45) is 2.01. The Hall–Kier alpha value is -3.42. The van der Waals surface area contributed by atoms with Gasteiger partial charge in [0.2, 0.25) is 5.88 Å². The highest BCUT2D eigenvalue weighted by molar-refractivity contribution is 5.79. The van der Waals surface area contributed by atoms with Gasteiger partial charge in [-0.1, -0.05) is 48.5 Å². The average Bonchev–Trinajstić information content (AvgIpc) is 3.20. The third-order valence-corrected chi connectivity index (χ3v) is 7.58. The Morgan fingerprint density at radius 1 is 1.06 bits per heavy atom. The second-order valence-corrected chi connectivity index (χ2v) is 9.58. The van der Waals surface area contributed by atoms with Gasteiger partial charge in [0.15, 0.2) is 0 Å². The molecular formula is C28H28N2O5. The van der Waals surface area contributed by atoms with Crippen LogP contribution in [0.1, 0.15) is 35.4 Å². The molecule has 0 saturated carbocycles. The molecule has 3 aliphatic rings. The number of amides is 1. The summed E-state index contributed by atoms with van der Waals surface area (Å²) in [5.41, 5.74) is 4.42. The Morgan fingerprint density at radius 2 is 1.69 bits per heavy atom. The van der Waals surface area contributed by atoms with E-state index in [0.29, 0.717) is 31.9 Å². The van der Waals surface area contributed by atoms with Crippen LogP contribution in [0, 0.1) is 0 Å². The SMILES string of the molecule is COc1cc(C2(O)CC3COCC(C2)N3C(=O)OCC2c3ccccc3-c3ccccc32)ccn1. The van der Waals surface area contributed by atoms with Crippen LogP contribution in [0.25, 0.3) is 11.1 Å². The van der Waals surface area contributed by atoms with Crippen molar-refractivity contribution in [2.45, 2.75) is 36.4 Å². The molecule has 7 heteroatoms. The number of methoxy groups -OCH3 is 1. The maximum atomic E-state index is 13.4. The fourth-order valence-electron chi connectivity index (χ4n) is 5.99. The molecule has 1 amide bonds. The number of aliphatic hydroxyl groups is 1. The molecule has 2 aromatic carbocycles. The summed E-state index contributed by atoms with van der Waals surface area (Å²) in [4.78, 5) is 19.3. The zero-order valence-electron chi connectivity index (χ0n) is 19.6. The zero-order chi connectivity index (χ0) is 24.0. The van der Waals surface area contributed by atoms with Crippen LogP contribution in [0.4, 0.5) is 4.79 Å². The molecule has 1 N–H and O–H groups in total. The molecule has 35 heavy (non-hydrogen) atoms. The molecule has 2 unspecified atom stereocenters. The number of carbonyl (C=O) groups is 1. The van der Waals surface area contributed by atoms with Crippen molar-refractivity contribution in [3.8, 4) is 17.0 Å². The fourth-order valence-corrected chi connectivity index (χ4v) is 5.99. The number of carbonyl (C=O) groups excluding carboxylic acids is 1. The van der Waals surface area contributed by atoms with E-state index in [4.69, 9.17) is 14.2 Å². The van der Waals surface area contributed by atoms with Crippen molar-refractivity contribution < 1.29 is 24.1 Å². The van der Waals surface area contributed by atoms with E-state index in [1.165, 1.54) is 22.3 Å². The average molecular weight is 473 g/mol. The standard InChI is InChI=1S/C28H28N2O5/c1-33-26-12-18(10-11-29-26)28(32)13-19-15-34-16-20(14-28)30(19)27(31)35-17-25-23-8-4-2-6-21(23)22-7-3-5-9-24(22)25/h2-12,19-20,25,32H,13-17H2,1H3. The van der Waals surface area contributed by atoms with Gasteiger partial charge in [0.05, 0.1) is 38.0 Å². The lowest BCUT2D eigenvalue weighted by Crippen LogP contribution is -2.62. The van der Waals surface area contributed by atoms with Gasteiger partial charge in [-0.2, -0.15) is 0 Å². The highest BCUT2D eigenvalue weighted by Crippen LogP contribution is 2.45. The highest BCUT2D eigenvalue weighted by Gasteiger charge is 2.49. The first-order valence-corrected chi connectivity index (χ1v) is 12.0. The number of ether oxygens (including phenoxy) is 3. The van der Waals surface area contributed by atoms with Crippen molar-refractivity contribution in [2.24, 2.45) is 0 Å². The number of piperidine rings is 1. The second kappa shape index (κ2) is 8.66. The summed E-state index contributed by atoms with van der Waals surface area (Å²) in [5.74, 6) is 0.463. The van der Waals surface area contributed by atoms with E-state index >= 15 is 0 Å². The summed E-state index contributed by atoms with van der Waals surface area (Å²) in [6, 6.07) is 19.6. The Balaban J connectivity index is 1.20. The van der Waals surface area contributed by atoms with Crippen LogP contribution in [-0.2, 0) is 15.1 Å². The number of nitrogens with zero attached hydrogens (tertiary/aromatic N) is 2. The molecule has 0 spiro atoms. The van der Waals surface area contributed by atoms with Gasteiger partial charge in [-0.3, -0.25) is 4.90 Å². The molecular weight excluding hydrogens is 444 g/mol. The molecule has 2 fully saturated rings. The Bertz CT molecular complexity index is 1200. The molecule has 0 radical (unpaired) electrons. The third-order valence-electron chi connectivity index (χ3n) is 7.58. The van der Waals surface area contributed by atoms with Gasteiger partial charge in [0, 0.05) is 31.0 Å². The van der Waals surface area contributed by atoms with Crippen molar-refractivity contribution in [3.63, 3.8) is 0 Å². The van der Waals surface area contributed by atoms with Crippen LogP contribution >= 0.6 is 0 Å². The summed E-state index contributed by atoms with van der Waals surface area (Å²) < 4.78 is 17.0. The predicted molar refractivity (Wildman–Crippen MR) is 129 cm³/mol. The maximum Gasteiger partial charge on any atom is 0.410 e. The molecule has 3 heterocycles. The van der Waals surface area contributed by atoms with E-state index < -0.39 is 5.60 Å². The third kappa shape index (κ3) is 3.75. The minimum absolute atomic E-state index is 0.00782. The smallest absolute Gasteiger partial charge is 0.410 e. The van der Waals surface area contributed by atoms with Gasteiger partial charge in [-0.25, -0.2) is 9.78 Å². The van der Waals surface area contributed by atoms with Gasteiger partial charge >= 0.3 is 6.09 Å². The molecule has 2 bridgehead atoms. The minimum Gasteiger partial charge on any atom is -0.481 e. The first kappa shape index (κ1) is 22.1. The first-order valence-electron chi connectivity index (χ1n) is 12.0. The number of hydrogen-bond acceptors (Lipinski definition) is 6. The van der Waals surface area contributed by atoms with Crippen molar-refractivity contribution in [1.29, 1.82) is 0 Å². The lowest BCUT2D eigenvalue weighted by atomic mass is 9.77. The van der Waals surface area contributed by atoms with E-state index in [0.717, 1.165) is 5.56 Å². The summed E-state index contributed by atoms with van der Waals surface area (Å²) in [5, 5.41) is 11.6. The molecule has 1 aromatic heterocycles. The lowest BCUT2D eigenvalue weighted by molar-refractivity contribution is -0.136. The van der Waals surface area contributed by atoms with Crippen LogP contribution in [0.5, 0.6) is 5.88 Å². The number of benzene rings is 2. The molecule has 7 nitrogen and oxygen atoms in total. The van der Waals surface area contributed by atoms with Gasteiger partial charge in [0.25, 0.3) is 0 Å². The first-order chi connectivity index (χ1) is 17.1. The second-order valence-electron chi connectivity index (χ2n) is 9.58. The molecule has 3 aromatic rings. The van der Waals surface area contributed by atoms with Crippen molar-refractivity contribution in [3.05, 3.63) is 83.6 Å². The van der Waals surface area contributed by atoms with E-state index in [1.807, 2.05) is 30.3 Å². The molecule has 2 atom stereocenters. The number of morpholine rings is 1. The summed E-state index contributed by atoms with van der Waals surface area (Å²) in [7, 11) is 1.55. The van der Waals surface area contributed by atoms with E-state index in [1.54, 1.807) is 24.3 Å². The Kier molecular flexibility index (Phi) is 5.46. The maximum absolute atomic E-state index is 13.4. The van der Waals surface area contributed by atoms with Crippen LogP contribution in [-0.4, -0.2) is 60.1 Å². The van der Waals surface area contributed by atoms with Gasteiger partial charge in [-0.15, -0.1) is 0 Å². The van der Waals surface area contributed by atoms with Gasteiger partial charge in [0.1, 0.15) is 6.61 Å². The topological polar surface area (TPSA) is 81.1 Å². The van der Waals surface area contributed by atoms with Gasteiger partial charge in [-0.05, 0) is 33.9 Å². The molecule has 2 aliphatic heterocycles. The minimum atomic E-state index is -1.09. The van der Waals surface area contributed by atoms with E-state index in [9.17, 15) is 9.90 Å². The molecule has 6 rings (SSSR count). The number of hydrogen-bond donors (Lipinski definition) is 1. The summed E-state index contributed by atoms with van der Waals surface area (Å²) >= 11 is 0. The van der Waals surface area contributed by atoms with E-state index in [-0.39, 0.29) is 30.7 Å². The number of fused-ring (bicyclic) bond motifs is 5. The molecule has 1 aliphatic carbocycles. The predicted octanol–water partition coefficient (Wildman–Crippen LogP) is 4.09. The van der Waals surface area contributed by atoms with E-state index in [2.05, 4.69) is 29.2 Å². The number of aromatic nitrogens is 1. The lowest BCUT2D eigenvalue weighted by Gasteiger charge is -2.51. The monoisotopic (exact) mass is 472 g/mol. The Morgan fingerprint density at radius 3 is 2.31 bits per heavy atom. The number of rotatable bonds is 4. The fraction of sp³-hybridized carbons (Fsp3) is 0.357. The van der Waals surface area contributed by atoms with Crippen LogP contribution in [0.3, 0.4) is 0 Å². The largest absolute Gasteiger partial charge is 0.481 e. The number of pyridine rings is 1. The zero-order valence-corrected chi connectivity index (χ0v) is 19.6. The molecule has 2 saturated heterocycles. The van der Waals surface area contributed by atoms with Crippen molar-refractivity contribution >= 4 is 6.09 Å². The quantitative estimate of drug-likeness (QED) is 0.616. The summed E-state index contributed by atoms with van der Waals surface area (Å²) in [6.45, 7) is 1.01. The van der Waals surface area contributed by atoms with Crippen LogP contribution < -0.4 is 4.74 Å². The van der Waals surface area contributed by atoms with Crippen LogP contribution in [0.15, 0.2) is 66.9 Å². The van der Waals surface area contributed by atoms with Crippen molar-refractivity contribution in [2.75, 3.05) is 26.9 Å². The molecule has 180 valence electrons. The highest BCUT2D eigenvalue weighted by atomic mass is 16.6. The van der Waals surface area contributed by atoms with Crippen molar-refractivity contribution in [1.82, 2.24) is 9.88 Å².